The third kappa shape index (κ3) is 39.3. The summed E-state index contributed by atoms with van der Waals surface area (Å²) in [5.41, 5.74) is 0. The van der Waals surface area contributed by atoms with Crippen molar-refractivity contribution in [1.29, 1.82) is 0 Å². The van der Waals surface area contributed by atoms with E-state index in [0.717, 1.165) is 109 Å². The van der Waals surface area contributed by atoms with E-state index in [1.807, 2.05) is 0 Å². The van der Waals surface area contributed by atoms with Crippen LogP contribution in [0.15, 0.2) is 85.1 Å². The Balaban J connectivity index is 4.28. The Morgan fingerprint density at radius 2 is 1.06 bits per heavy atom. The van der Waals surface area contributed by atoms with Crippen molar-refractivity contribution in [2.75, 3.05) is 33.0 Å². The maximum absolute atomic E-state index is 12.6. The van der Waals surface area contributed by atoms with Crippen molar-refractivity contribution >= 4 is 13.8 Å². The summed E-state index contributed by atoms with van der Waals surface area (Å²) in [5, 5.41) is 18.3. The zero-order valence-electron chi connectivity index (χ0n) is 33.7. The molecule has 0 aromatic rings. The molecular weight excluding hydrogens is 703 g/mol. The summed E-state index contributed by atoms with van der Waals surface area (Å²) in [5.74, 6) is -0.411. The van der Waals surface area contributed by atoms with Gasteiger partial charge in [0.25, 0.3) is 0 Å². The molecule has 54 heavy (non-hydrogen) atoms. The lowest BCUT2D eigenvalue weighted by molar-refractivity contribution is -0.154. The van der Waals surface area contributed by atoms with E-state index < -0.39 is 45.8 Å². The van der Waals surface area contributed by atoms with Gasteiger partial charge in [0.15, 0.2) is 0 Å². The SMILES string of the molecule is CC/C=C\C/C=C\C/C=C\C/C=C\C/C=C\CCCCCCOCC(COP(=O)(O)OCC(O)CO)OC(=O)CCCCCCC/C=C\C/C=C\CCC. The van der Waals surface area contributed by atoms with Crippen molar-refractivity contribution in [3.05, 3.63) is 85.1 Å². The molecule has 0 amide bonds. The van der Waals surface area contributed by atoms with Gasteiger partial charge in [-0.2, -0.15) is 0 Å². The minimum atomic E-state index is -4.53. The predicted molar refractivity (Wildman–Crippen MR) is 223 cm³/mol. The zero-order chi connectivity index (χ0) is 39.6. The Hall–Kier alpha value is -2.36. The minimum Gasteiger partial charge on any atom is -0.457 e. The number of hydrogen-bond acceptors (Lipinski definition) is 8. The van der Waals surface area contributed by atoms with Gasteiger partial charge in [0.1, 0.15) is 12.2 Å². The lowest BCUT2D eigenvalue weighted by Crippen LogP contribution is -2.29. The van der Waals surface area contributed by atoms with Crippen LogP contribution < -0.4 is 0 Å². The number of phosphoric acid groups is 1. The van der Waals surface area contributed by atoms with E-state index in [9.17, 15) is 19.4 Å². The number of hydrogen-bond donors (Lipinski definition) is 3. The normalized spacial score (nSPS) is 15.0. The number of carbonyl (C=O) groups excluding carboxylic acids is 1. The molecule has 0 bridgehead atoms. The fraction of sp³-hybridized carbons (Fsp3) is 0.659. The fourth-order valence-electron chi connectivity index (χ4n) is 4.95. The third-order valence-electron chi connectivity index (χ3n) is 8.05. The first-order valence-electron chi connectivity index (χ1n) is 20.6. The quantitative estimate of drug-likeness (QED) is 0.0242. The summed E-state index contributed by atoms with van der Waals surface area (Å²) < 4.78 is 33.3. The van der Waals surface area contributed by atoms with Gasteiger partial charge in [-0.1, -0.05) is 137 Å². The number of ether oxygens (including phenoxy) is 2. The van der Waals surface area contributed by atoms with Crippen LogP contribution in [0.1, 0.15) is 142 Å². The molecule has 0 heterocycles. The molecule has 0 aromatic carbocycles. The molecule has 3 atom stereocenters. The molecule has 9 nitrogen and oxygen atoms in total. The average Bonchev–Trinajstić information content (AvgIpc) is 3.16. The summed E-state index contributed by atoms with van der Waals surface area (Å²) in [4.78, 5) is 22.5. The van der Waals surface area contributed by atoms with Gasteiger partial charge in [0.2, 0.25) is 0 Å². The van der Waals surface area contributed by atoms with E-state index in [1.54, 1.807) is 0 Å². The van der Waals surface area contributed by atoms with Crippen molar-refractivity contribution in [3.63, 3.8) is 0 Å². The van der Waals surface area contributed by atoms with E-state index in [1.165, 1.54) is 6.42 Å². The molecular formula is C44H75O9P. The van der Waals surface area contributed by atoms with Crippen LogP contribution in [0, 0.1) is 0 Å². The Bertz CT molecular complexity index is 1110. The van der Waals surface area contributed by atoms with E-state index >= 15 is 0 Å². The lowest BCUT2D eigenvalue weighted by atomic mass is 10.1. The Kier molecular flexibility index (Phi) is 38.5. The van der Waals surface area contributed by atoms with Crippen LogP contribution in [0.2, 0.25) is 0 Å². The molecule has 0 saturated heterocycles. The molecule has 0 aliphatic heterocycles. The second-order valence-corrected chi connectivity index (χ2v) is 14.7. The van der Waals surface area contributed by atoms with Crippen LogP contribution >= 0.6 is 7.82 Å². The van der Waals surface area contributed by atoms with Crippen LogP contribution in [-0.4, -0.2) is 66.3 Å². The number of unbranched alkanes of at least 4 members (excludes halogenated alkanes) is 10. The molecule has 0 aliphatic rings. The first kappa shape index (κ1) is 51.6. The summed E-state index contributed by atoms with van der Waals surface area (Å²) >= 11 is 0. The average molecular weight is 779 g/mol. The number of esters is 1. The first-order chi connectivity index (χ1) is 26.3. The Labute approximate surface area is 328 Å². The van der Waals surface area contributed by atoms with Gasteiger partial charge in [-0.3, -0.25) is 13.8 Å². The van der Waals surface area contributed by atoms with Gasteiger partial charge in [-0.05, 0) is 83.5 Å². The topological polar surface area (TPSA) is 132 Å². The van der Waals surface area contributed by atoms with Crippen molar-refractivity contribution in [3.8, 4) is 0 Å². The van der Waals surface area contributed by atoms with Crippen LogP contribution in [0.4, 0.5) is 0 Å². The standard InChI is InChI=1S/C44H75O9P/c1-3-5-7-9-11-13-15-17-18-19-20-21-22-23-25-27-29-31-33-35-37-50-40-43(41-52-54(48,49)51-39-42(46)38-45)53-44(47)36-34-32-30-28-26-24-16-14-12-10-8-6-4-2/h5,7-8,10-11,13-14,16-18,20-21,23,25,42-43,45-46H,3-4,6,9,12,15,19,22,24,26-41H2,1-2H3,(H,48,49)/b7-5-,10-8-,13-11-,16-14-,18-17-,21-20-,25-23-. The smallest absolute Gasteiger partial charge is 0.457 e. The van der Waals surface area contributed by atoms with Crippen molar-refractivity contribution in [2.45, 2.75) is 154 Å². The number of aliphatic hydroxyl groups is 2. The van der Waals surface area contributed by atoms with Gasteiger partial charge in [0, 0.05) is 13.0 Å². The zero-order valence-corrected chi connectivity index (χ0v) is 34.5. The van der Waals surface area contributed by atoms with Crippen molar-refractivity contribution < 1.29 is 43.0 Å². The summed E-state index contributed by atoms with van der Waals surface area (Å²) in [7, 11) is -4.53. The molecule has 0 radical (unpaired) electrons. The molecule has 0 saturated carbocycles. The summed E-state index contributed by atoms with van der Waals surface area (Å²) in [6.07, 6.45) is 48.3. The number of allylic oxidation sites excluding steroid dienone is 14. The van der Waals surface area contributed by atoms with Crippen molar-refractivity contribution in [2.24, 2.45) is 0 Å². The minimum absolute atomic E-state index is 0.0208. The molecule has 3 N–H and O–H groups in total. The van der Waals surface area contributed by atoms with Gasteiger partial charge in [-0.25, -0.2) is 4.57 Å². The molecule has 0 aromatic heterocycles. The number of carbonyl (C=O) groups is 1. The second-order valence-electron chi connectivity index (χ2n) is 13.3. The van der Waals surface area contributed by atoms with E-state index in [-0.39, 0.29) is 13.0 Å². The van der Waals surface area contributed by atoms with Crippen LogP contribution in [0.25, 0.3) is 0 Å². The molecule has 310 valence electrons. The highest BCUT2D eigenvalue weighted by Gasteiger charge is 2.26. The number of rotatable bonds is 38. The van der Waals surface area contributed by atoms with Crippen LogP contribution in [-0.2, 0) is 27.9 Å². The summed E-state index contributed by atoms with van der Waals surface area (Å²) in [6.45, 7) is 3.22. The Morgan fingerprint density at radius 3 is 1.59 bits per heavy atom. The lowest BCUT2D eigenvalue weighted by Gasteiger charge is -2.20. The number of phosphoric ester groups is 1. The molecule has 10 heteroatoms. The van der Waals surface area contributed by atoms with Gasteiger partial charge in [-0.15, -0.1) is 0 Å². The van der Waals surface area contributed by atoms with E-state index in [2.05, 4.69) is 98.9 Å². The van der Waals surface area contributed by atoms with Crippen LogP contribution in [0.3, 0.4) is 0 Å². The van der Waals surface area contributed by atoms with E-state index in [0.29, 0.717) is 13.0 Å². The highest BCUT2D eigenvalue weighted by atomic mass is 31.2. The second kappa shape index (κ2) is 40.3. The highest BCUT2D eigenvalue weighted by Crippen LogP contribution is 2.43. The first-order valence-corrected chi connectivity index (χ1v) is 22.1. The monoisotopic (exact) mass is 779 g/mol. The highest BCUT2D eigenvalue weighted by molar-refractivity contribution is 7.47. The van der Waals surface area contributed by atoms with E-state index in [4.69, 9.17) is 23.6 Å². The maximum Gasteiger partial charge on any atom is 0.472 e. The van der Waals surface area contributed by atoms with Gasteiger partial charge in [0.05, 0.1) is 26.4 Å². The van der Waals surface area contributed by atoms with Crippen LogP contribution in [0.5, 0.6) is 0 Å². The molecule has 3 unspecified atom stereocenters. The third-order valence-corrected chi connectivity index (χ3v) is 9.00. The summed E-state index contributed by atoms with van der Waals surface area (Å²) in [6, 6.07) is 0. The van der Waals surface area contributed by atoms with Gasteiger partial charge >= 0.3 is 13.8 Å². The number of aliphatic hydroxyl groups excluding tert-OH is 2. The predicted octanol–water partition coefficient (Wildman–Crippen LogP) is 11.1. The Morgan fingerprint density at radius 1 is 0.593 bits per heavy atom. The molecule has 0 rings (SSSR count). The maximum atomic E-state index is 12.6. The van der Waals surface area contributed by atoms with Crippen molar-refractivity contribution in [1.82, 2.24) is 0 Å². The molecule has 0 fully saturated rings. The molecule has 0 aliphatic carbocycles. The molecule has 0 spiro atoms. The largest absolute Gasteiger partial charge is 0.472 e. The van der Waals surface area contributed by atoms with Gasteiger partial charge < -0.3 is 24.6 Å². The fourth-order valence-corrected chi connectivity index (χ4v) is 5.74.